The lowest BCUT2D eigenvalue weighted by atomic mass is 10.3. The second-order valence-corrected chi connectivity index (χ2v) is 5.07. The molecule has 0 bridgehead atoms. The highest BCUT2D eigenvalue weighted by Gasteiger charge is 2.14. The summed E-state index contributed by atoms with van der Waals surface area (Å²) in [5.74, 6) is 0.0492. The summed E-state index contributed by atoms with van der Waals surface area (Å²) in [6.45, 7) is 1.76. The largest absolute Gasteiger partial charge is 0.399 e. The third-order valence-corrected chi connectivity index (χ3v) is 3.43. The zero-order valence-corrected chi connectivity index (χ0v) is 11.2. The molecule has 0 aromatic heterocycles. The van der Waals surface area contributed by atoms with E-state index in [1.54, 1.807) is 38.2 Å². The number of hydrogen-bond donors (Lipinski definition) is 3. The first-order chi connectivity index (χ1) is 8.52. The Kier molecular flexibility index (Phi) is 5.51. The molecule has 0 aliphatic heterocycles. The van der Waals surface area contributed by atoms with Crippen molar-refractivity contribution in [1.29, 1.82) is 0 Å². The van der Waals surface area contributed by atoms with E-state index >= 15 is 0 Å². The van der Waals surface area contributed by atoms with E-state index in [1.165, 1.54) is 11.8 Å². The Labute approximate surface area is 111 Å². The Hall–Kier alpha value is -1.69. The van der Waals surface area contributed by atoms with Gasteiger partial charge in [0.2, 0.25) is 11.8 Å². The van der Waals surface area contributed by atoms with Crippen LogP contribution in [0.2, 0.25) is 0 Å². The minimum absolute atomic E-state index is 0.0906. The minimum Gasteiger partial charge on any atom is -0.399 e. The van der Waals surface area contributed by atoms with Gasteiger partial charge in [0.25, 0.3) is 0 Å². The van der Waals surface area contributed by atoms with Gasteiger partial charge in [0.15, 0.2) is 0 Å². The van der Waals surface area contributed by atoms with Crippen molar-refractivity contribution in [3.63, 3.8) is 0 Å². The van der Waals surface area contributed by atoms with Crippen LogP contribution in [0.25, 0.3) is 0 Å². The molecule has 1 unspecified atom stereocenters. The van der Waals surface area contributed by atoms with Crippen molar-refractivity contribution in [1.82, 2.24) is 5.32 Å². The number of amides is 2. The Morgan fingerprint density at radius 1 is 1.33 bits per heavy atom. The third kappa shape index (κ3) is 4.67. The SMILES string of the molecule is CNC(=O)CSC(C)C(=O)Nc1ccc(N)cc1. The molecular weight excluding hydrogens is 250 g/mol. The Morgan fingerprint density at radius 2 is 1.94 bits per heavy atom. The highest BCUT2D eigenvalue weighted by atomic mass is 32.2. The van der Waals surface area contributed by atoms with Crippen LogP contribution in [-0.2, 0) is 9.59 Å². The molecule has 0 aliphatic carbocycles. The van der Waals surface area contributed by atoms with Crippen molar-refractivity contribution in [2.24, 2.45) is 0 Å². The Bertz CT molecular complexity index is 420. The molecule has 18 heavy (non-hydrogen) atoms. The minimum atomic E-state index is -0.292. The van der Waals surface area contributed by atoms with E-state index in [2.05, 4.69) is 10.6 Å². The Morgan fingerprint density at radius 3 is 2.50 bits per heavy atom. The monoisotopic (exact) mass is 267 g/mol. The maximum atomic E-state index is 11.8. The highest BCUT2D eigenvalue weighted by molar-refractivity contribution is 8.01. The van der Waals surface area contributed by atoms with E-state index in [0.717, 1.165) is 0 Å². The summed E-state index contributed by atoms with van der Waals surface area (Å²) >= 11 is 1.29. The molecule has 0 heterocycles. The van der Waals surface area contributed by atoms with Crippen LogP contribution in [0.4, 0.5) is 11.4 Å². The molecule has 1 aromatic rings. The zero-order valence-electron chi connectivity index (χ0n) is 10.4. The predicted octanol–water partition coefficient (Wildman–Crippen LogP) is 1.07. The van der Waals surface area contributed by atoms with Crippen LogP contribution in [-0.4, -0.2) is 29.9 Å². The number of benzene rings is 1. The molecule has 5 nitrogen and oxygen atoms in total. The molecular formula is C12H17N3O2S. The lowest BCUT2D eigenvalue weighted by molar-refractivity contribution is -0.118. The number of carbonyl (C=O) groups excluding carboxylic acids is 2. The maximum Gasteiger partial charge on any atom is 0.237 e. The predicted molar refractivity (Wildman–Crippen MR) is 75.5 cm³/mol. The average Bonchev–Trinajstić information content (AvgIpc) is 2.38. The molecule has 0 saturated carbocycles. The topological polar surface area (TPSA) is 84.2 Å². The van der Waals surface area contributed by atoms with Gasteiger partial charge in [-0.25, -0.2) is 0 Å². The number of rotatable bonds is 5. The molecule has 4 N–H and O–H groups in total. The average molecular weight is 267 g/mol. The molecule has 1 atom stereocenters. The van der Waals surface area contributed by atoms with Gasteiger partial charge in [-0.3, -0.25) is 9.59 Å². The second kappa shape index (κ2) is 6.90. The van der Waals surface area contributed by atoms with Crippen molar-refractivity contribution in [2.45, 2.75) is 12.2 Å². The van der Waals surface area contributed by atoms with E-state index in [-0.39, 0.29) is 22.8 Å². The van der Waals surface area contributed by atoms with E-state index in [1.807, 2.05) is 0 Å². The quantitative estimate of drug-likeness (QED) is 0.697. The highest BCUT2D eigenvalue weighted by Crippen LogP contribution is 2.15. The van der Waals surface area contributed by atoms with Gasteiger partial charge >= 0.3 is 0 Å². The molecule has 0 aliphatic rings. The van der Waals surface area contributed by atoms with Crippen molar-refractivity contribution in [3.05, 3.63) is 24.3 Å². The van der Waals surface area contributed by atoms with Gasteiger partial charge < -0.3 is 16.4 Å². The first-order valence-electron chi connectivity index (χ1n) is 5.51. The molecule has 0 saturated heterocycles. The van der Waals surface area contributed by atoms with Crippen LogP contribution in [0.3, 0.4) is 0 Å². The number of hydrogen-bond acceptors (Lipinski definition) is 4. The molecule has 98 valence electrons. The lowest BCUT2D eigenvalue weighted by Crippen LogP contribution is -2.26. The summed E-state index contributed by atoms with van der Waals surface area (Å²) < 4.78 is 0. The van der Waals surface area contributed by atoms with Crippen LogP contribution in [0, 0.1) is 0 Å². The van der Waals surface area contributed by atoms with Crippen LogP contribution in [0.15, 0.2) is 24.3 Å². The van der Waals surface area contributed by atoms with Gasteiger partial charge in [0.05, 0.1) is 11.0 Å². The van der Waals surface area contributed by atoms with Crippen LogP contribution in [0.5, 0.6) is 0 Å². The van der Waals surface area contributed by atoms with Crippen molar-refractivity contribution in [2.75, 3.05) is 23.9 Å². The smallest absolute Gasteiger partial charge is 0.237 e. The fourth-order valence-electron chi connectivity index (χ4n) is 1.16. The van der Waals surface area contributed by atoms with E-state index < -0.39 is 0 Å². The van der Waals surface area contributed by atoms with Gasteiger partial charge in [-0.2, -0.15) is 0 Å². The zero-order chi connectivity index (χ0) is 13.5. The fourth-order valence-corrected chi connectivity index (χ4v) is 1.91. The normalized spacial score (nSPS) is 11.7. The number of carbonyl (C=O) groups is 2. The van der Waals surface area contributed by atoms with Crippen molar-refractivity contribution < 1.29 is 9.59 Å². The number of thioether (sulfide) groups is 1. The van der Waals surface area contributed by atoms with Crippen LogP contribution < -0.4 is 16.4 Å². The third-order valence-electron chi connectivity index (χ3n) is 2.29. The number of anilines is 2. The molecule has 1 aromatic carbocycles. The Balaban J connectivity index is 2.44. The molecule has 1 rings (SSSR count). The van der Waals surface area contributed by atoms with Gasteiger partial charge in [-0.1, -0.05) is 0 Å². The molecule has 2 amide bonds. The second-order valence-electron chi connectivity index (χ2n) is 3.74. The van der Waals surface area contributed by atoms with E-state index in [4.69, 9.17) is 5.73 Å². The van der Waals surface area contributed by atoms with Crippen LogP contribution >= 0.6 is 11.8 Å². The molecule has 0 fully saturated rings. The number of nitrogens with two attached hydrogens (primary N) is 1. The summed E-state index contributed by atoms with van der Waals surface area (Å²) in [4.78, 5) is 22.9. The summed E-state index contributed by atoms with van der Waals surface area (Å²) in [6, 6.07) is 6.92. The van der Waals surface area contributed by atoms with Gasteiger partial charge in [-0.05, 0) is 31.2 Å². The first-order valence-corrected chi connectivity index (χ1v) is 6.56. The molecule has 6 heteroatoms. The fraction of sp³-hybridized carbons (Fsp3) is 0.333. The van der Waals surface area contributed by atoms with E-state index in [9.17, 15) is 9.59 Å². The van der Waals surface area contributed by atoms with Crippen molar-refractivity contribution >= 4 is 35.0 Å². The summed E-state index contributed by atoms with van der Waals surface area (Å²) in [7, 11) is 1.57. The maximum absolute atomic E-state index is 11.8. The summed E-state index contributed by atoms with van der Waals surface area (Å²) in [6.07, 6.45) is 0. The standard InChI is InChI=1S/C12H17N3O2S/c1-8(18-7-11(16)14-2)12(17)15-10-5-3-9(13)4-6-10/h3-6,8H,7,13H2,1-2H3,(H,14,16)(H,15,17). The van der Waals surface area contributed by atoms with E-state index in [0.29, 0.717) is 11.4 Å². The number of nitrogen functional groups attached to an aromatic ring is 1. The molecule has 0 spiro atoms. The van der Waals surface area contributed by atoms with Gasteiger partial charge in [0.1, 0.15) is 0 Å². The van der Waals surface area contributed by atoms with Gasteiger partial charge in [0, 0.05) is 18.4 Å². The number of nitrogens with one attached hydrogen (secondary N) is 2. The summed E-state index contributed by atoms with van der Waals surface area (Å²) in [5.41, 5.74) is 6.90. The van der Waals surface area contributed by atoms with Crippen LogP contribution in [0.1, 0.15) is 6.92 Å². The first kappa shape index (κ1) is 14.4. The lowest BCUT2D eigenvalue weighted by Gasteiger charge is -2.11. The molecule has 0 radical (unpaired) electrons. The van der Waals surface area contributed by atoms with Gasteiger partial charge in [-0.15, -0.1) is 11.8 Å². The van der Waals surface area contributed by atoms with Crippen molar-refractivity contribution in [3.8, 4) is 0 Å². The summed E-state index contributed by atoms with van der Waals surface area (Å²) in [5, 5.41) is 4.98.